The van der Waals surface area contributed by atoms with E-state index in [2.05, 4.69) is 15.3 Å². The number of nitrogens with zero attached hydrogens (tertiary/aromatic N) is 2. The highest BCUT2D eigenvalue weighted by molar-refractivity contribution is 5.57. The molecule has 2 N–H and O–H groups in total. The molecular weight excluding hydrogens is 424 g/mol. The molecule has 2 aromatic carbocycles. The van der Waals surface area contributed by atoms with Crippen LogP contribution in [0.25, 0.3) is 0 Å². The Balaban J connectivity index is 1.69. The van der Waals surface area contributed by atoms with Crippen molar-refractivity contribution in [3.8, 4) is 23.0 Å². The lowest BCUT2D eigenvalue weighted by molar-refractivity contribution is 0.200. The van der Waals surface area contributed by atoms with Crippen molar-refractivity contribution >= 4 is 11.6 Å². The van der Waals surface area contributed by atoms with Crippen molar-refractivity contribution in [2.75, 3.05) is 32.8 Å². The van der Waals surface area contributed by atoms with Crippen LogP contribution in [-0.2, 0) is 6.61 Å². The third-order valence-electron chi connectivity index (χ3n) is 4.47. The Morgan fingerprint density at radius 3 is 2.19 bits per heavy atom. The summed E-state index contributed by atoms with van der Waals surface area (Å²) in [6.07, 6.45) is 2.75. The molecule has 0 radical (unpaired) electrons. The Hall–Kier alpha value is -3.66. The standard InChI is InChI=1S/C22H23F2N3O5/c1-13-4-5-14(8-17(13)31-7-6-28)27-22-25-10-15(11-26-22)32-12-16-20(23)18(29-2)9-19(30-3)21(16)24/h4-5,8-11,28H,6-7,12H2,1-3H3,(H,25,26,27). The van der Waals surface area contributed by atoms with Crippen molar-refractivity contribution < 1.29 is 32.8 Å². The Morgan fingerprint density at radius 2 is 1.59 bits per heavy atom. The number of methoxy groups -OCH3 is 2. The molecule has 0 atom stereocenters. The number of hydrogen-bond donors (Lipinski definition) is 2. The molecule has 10 heteroatoms. The van der Waals surface area contributed by atoms with Gasteiger partial charge in [-0.25, -0.2) is 18.7 Å². The highest BCUT2D eigenvalue weighted by atomic mass is 19.1. The Labute approximate surface area is 183 Å². The molecule has 0 aliphatic carbocycles. The van der Waals surface area contributed by atoms with Gasteiger partial charge in [0, 0.05) is 17.8 Å². The van der Waals surface area contributed by atoms with Gasteiger partial charge in [-0.15, -0.1) is 0 Å². The van der Waals surface area contributed by atoms with Gasteiger partial charge in [-0.2, -0.15) is 0 Å². The number of nitrogens with one attached hydrogen (secondary N) is 1. The van der Waals surface area contributed by atoms with E-state index in [1.54, 1.807) is 6.07 Å². The largest absolute Gasteiger partial charge is 0.494 e. The second kappa shape index (κ2) is 10.6. The first-order chi connectivity index (χ1) is 15.5. The first kappa shape index (κ1) is 23.0. The van der Waals surface area contributed by atoms with Crippen molar-refractivity contribution in [3.05, 3.63) is 59.4 Å². The Kier molecular flexibility index (Phi) is 7.61. The van der Waals surface area contributed by atoms with E-state index >= 15 is 0 Å². The van der Waals surface area contributed by atoms with E-state index in [1.165, 1.54) is 26.6 Å². The van der Waals surface area contributed by atoms with Crippen LogP contribution in [0.15, 0.2) is 36.7 Å². The fourth-order valence-electron chi connectivity index (χ4n) is 2.79. The number of rotatable bonds is 10. The smallest absolute Gasteiger partial charge is 0.227 e. The van der Waals surface area contributed by atoms with Gasteiger partial charge in [-0.1, -0.05) is 6.07 Å². The first-order valence-corrected chi connectivity index (χ1v) is 9.61. The summed E-state index contributed by atoms with van der Waals surface area (Å²) in [5.74, 6) is -0.924. The molecule has 0 aliphatic rings. The fourth-order valence-corrected chi connectivity index (χ4v) is 2.79. The number of aryl methyl sites for hydroxylation is 1. The lowest BCUT2D eigenvalue weighted by atomic mass is 10.1. The molecule has 1 heterocycles. The summed E-state index contributed by atoms with van der Waals surface area (Å²) in [6.45, 7) is 1.58. The number of anilines is 2. The van der Waals surface area contributed by atoms with Gasteiger partial charge in [0.1, 0.15) is 19.0 Å². The normalized spacial score (nSPS) is 10.6. The van der Waals surface area contributed by atoms with Crippen LogP contribution in [0, 0.1) is 18.6 Å². The zero-order valence-corrected chi connectivity index (χ0v) is 17.8. The lowest BCUT2D eigenvalue weighted by Gasteiger charge is -2.13. The molecule has 0 spiro atoms. The van der Waals surface area contributed by atoms with Gasteiger partial charge in [0.15, 0.2) is 28.9 Å². The van der Waals surface area contributed by atoms with Crippen LogP contribution < -0.4 is 24.3 Å². The molecule has 0 fully saturated rings. The van der Waals surface area contributed by atoms with Crippen molar-refractivity contribution in [1.82, 2.24) is 9.97 Å². The van der Waals surface area contributed by atoms with Gasteiger partial charge in [0.25, 0.3) is 0 Å². The highest BCUT2D eigenvalue weighted by Crippen LogP contribution is 2.32. The van der Waals surface area contributed by atoms with Crippen LogP contribution in [0.2, 0.25) is 0 Å². The maximum absolute atomic E-state index is 14.4. The van der Waals surface area contributed by atoms with Gasteiger partial charge in [-0.05, 0) is 18.6 Å². The van der Waals surface area contributed by atoms with Crippen molar-refractivity contribution in [3.63, 3.8) is 0 Å². The van der Waals surface area contributed by atoms with Crippen molar-refractivity contribution in [2.24, 2.45) is 0 Å². The molecule has 3 aromatic rings. The molecule has 0 amide bonds. The topological polar surface area (TPSA) is 95.0 Å². The summed E-state index contributed by atoms with van der Waals surface area (Å²) in [5, 5.41) is 11.9. The first-order valence-electron chi connectivity index (χ1n) is 9.61. The van der Waals surface area contributed by atoms with Crippen LogP contribution in [0.5, 0.6) is 23.0 Å². The van der Waals surface area contributed by atoms with Gasteiger partial charge in [0.05, 0.1) is 38.8 Å². The number of aromatic nitrogens is 2. The average molecular weight is 447 g/mol. The summed E-state index contributed by atoms with van der Waals surface area (Å²) in [6, 6.07) is 6.58. The molecular formula is C22H23F2N3O5. The maximum atomic E-state index is 14.4. The Morgan fingerprint density at radius 1 is 0.938 bits per heavy atom. The van der Waals surface area contributed by atoms with E-state index in [4.69, 9.17) is 24.1 Å². The minimum atomic E-state index is -0.872. The van der Waals surface area contributed by atoms with Gasteiger partial charge >= 0.3 is 0 Å². The SMILES string of the molecule is COc1cc(OC)c(F)c(COc2cnc(Nc3ccc(C)c(OCCO)c3)nc2)c1F. The second-order valence-electron chi connectivity index (χ2n) is 6.60. The van der Waals surface area contributed by atoms with Gasteiger partial charge < -0.3 is 29.4 Å². The minimum Gasteiger partial charge on any atom is -0.494 e. The molecule has 0 saturated heterocycles. The molecule has 0 unspecified atom stereocenters. The van der Waals surface area contributed by atoms with E-state index in [1.807, 2.05) is 19.1 Å². The number of halogens is 2. The van der Waals surface area contributed by atoms with Crippen LogP contribution in [0.3, 0.4) is 0 Å². The molecule has 170 valence electrons. The van der Waals surface area contributed by atoms with E-state index in [0.717, 1.165) is 11.6 Å². The van der Waals surface area contributed by atoms with Crippen LogP contribution in [0.1, 0.15) is 11.1 Å². The molecule has 0 saturated carbocycles. The number of aliphatic hydroxyl groups excluding tert-OH is 1. The van der Waals surface area contributed by atoms with E-state index < -0.39 is 18.2 Å². The third kappa shape index (κ3) is 5.33. The number of aliphatic hydroxyl groups is 1. The van der Waals surface area contributed by atoms with E-state index in [-0.39, 0.29) is 42.0 Å². The monoisotopic (exact) mass is 447 g/mol. The van der Waals surface area contributed by atoms with Gasteiger partial charge in [0.2, 0.25) is 5.95 Å². The number of benzene rings is 2. The average Bonchev–Trinajstić information content (AvgIpc) is 2.80. The predicted molar refractivity (Wildman–Crippen MR) is 113 cm³/mol. The minimum absolute atomic E-state index is 0.0853. The lowest BCUT2D eigenvalue weighted by Crippen LogP contribution is -2.06. The Bertz CT molecular complexity index is 1040. The fraction of sp³-hybridized carbons (Fsp3) is 0.273. The van der Waals surface area contributed by atoms with Crippen LogP contribution in [-0.4, -0.2) is 42.5 Å². The molecule has 32 heavy (non-hydrogen) atoms. The number of hydrogen-bond acceptors (Lipinski definition) is 8. The quantitative estimate of drug-likeness (QED) is 0.485. The zero-order chi connectivity index (χ0) is 23.1. The predicted octanol–water partition coefficient (Wildman–Crippen LogP) is 3.77. The van der Waals surface area contributed by atoms with Gasteiger partial charge in [-0.3, -0.25) is 0 Å². The summed E-state index contributed by atoms with van der Waals surface area (Å²) in [5.41, 5.74) is 1.27. The molecule has 0 bridgehead atoms. The van der Waals surface area contributed by atoms with Crippen LogP contribution in [0.4, 0.5) is 20.4 Å². The maximum Gasteiger partial charge on any atom is 0.227 e. The van der Waals surface area contributed by atoms with E-state index in [9.17, 15) is 8.78 Å². The highest BCUT2D eigenvalue weighted by Gasteiger charge is 2.20. The molecule has 1 aromatic heterocycles. The van der Waals surface area contributed by atoms with Crippen molar-refractivity contribution in [2.45, 2.75) is 13.5 Å². The van der Waals surface area contributed by atoms with E-state index in [0.29, 0.717) is 11.4 Å². The zero-order valence-electron chi connectivity index (χ0n) is 17.8. The summed E-state index contributed by atoms with van der Waals surface area (Å²) >= 11 is 0. The third-order valence-corrected chi connectivity index (χ3v) is 4.47. The molecule has 3 rings (SSSR count). The summed E-state index contributed by atoms with van der Waals surface area (Å²) in [4.78, 5) is 8.30. The summed E-state index contributed by atoms with van der Waals surface area (Å²) < 4.78 is 49.6. The summed E-state index contributed by atoms with van der Waals surface area (Å²) in [7, 11) is 2.55. The van der Waals surface area contributed by atoms with Crippen molar-refractivity contribution in [1.29, 1.82) is 0 Å². The van der Waals surface area contributed by atoms with Crippen LogP contribution >= 0.6 is 0 Å². The molecule has 0 aliphatic heterocycles. The number of ether oxygens (including phenoxy) is 4. The second-order valence-corrected chi connectivity index (χ2v) is 6.60. The molecule has 8 nitrogen and oxygen atoms in total.